The van der Waals surface area contributed by atoms with Gasteiger partial charge in [-0.15, -0.1) is 0 Å². The van der Waals surface area contributed by atoms with Crippen LogP contribution in [0.3, 0.4) is 0 Å². The summed E-state index contributed by atoms with van der Waals surface area (Å²) in [5.41, 5.74) is 1.25. The van der Waals surface area contributed by atoms with E-state index in [-0.39, 0.29) is 0 Å². The largest absolute Gasteiger partial charge is 0.304 e. The average Bonchev–Trinajstić information content (AvgIpc) is 2.58. The van der Waals surface area contributed by atoms with Crippen molar-refractivity contribution in [2.75, 3.05) is 20.1 Å². The van der Waals surface area contributed by atoms with Crippen LogP contribution in [0.25, 0.3) is 0 Å². The second kappa shape index (κ2) is 2.90. The summed E-state index contributed by atoms with van der Waals surface area (Å²) in [6.07, 6.45) is 5.29. The lowest BCUT2D eigenvalue weighted by Crippen LogP contribution is -2.16. The molecule has 1 aromatic rings. The molecule has 1 saturated heterocycles. The van der Waals surface area contributed by atoms with E-state index in [4.69, 9.17) is 0 Å². The zero-order valence-corrected chi connectivity index (χ0v) is 7.70. The minimum atomic E-state index is 0.601. The van der Waals surface area contributed by atoms with E-state index in [0.717, 1.165) is 6.54 Å². The van der Waals surface area contributed by atoms with Crippen molar-refractivity contribution in [3.63, 3.8) is 0 Å². The minimum absolute atomic E-state index is 0.601. The Morgan fingerprint density at radius 1 is 1.58 bits per heavy atom. The van der Waals surface area contributed by atoms with Crippen LogP contribution in [0.4, 0.5) is 0 Å². The second-order valence-corrected chi connectivity index (χ2v) is 3.70. The van der Waals surface area contributed by atoms with Crippen molar-refractivity contribution in [1.29, 1.82) is 0 Å². The van der Waals surface area contributed by atoms with Crippen molar-refractivity contribution in [3.05, 3.63) is 18.0 Å². The van der Waals surface area contributed by atoms with Crippen molar-refractivity contribution >= 4 is 0 Å². The Hall–Kier alpha value is -0.830. The summed E-state index contributed by atoms with van der Waals surface area (Å²) in [7, 11) is 2.16. The first-order valence-electron chi connectivity index (χ1n) is 4.45. The smallest absolute Gasteiger partial charge is 0.0658 e. The molecule has 2 rings (SSSR count). The van der Waals surface area contributed by atoms with E-state index in [1.807, 2.05) is 6.20 Å². The normalized spacial score (nSPS) is 25.0. The molecule has 0 bridgehead atoms. The number of nitrogens with zero attached hydrogens (tertiary/aromatic N) is 3. The molecule has 0 N–H and O–H groups in total. The van der Waals surface area contributed by atoms with Crippen LogP contribution in [-0.2, 0) is 0 Å². The summed E-state index contributed by atoms with van der Waals surface area (Å²) in [4.78, 5) is 2.35. The van der Waals surface area contributed by atoms with Crippen LogP contribution in [0.5, 0.6) is 0 Å². The predicted molar refractivity (Wildman–Crippen MR) is 48.1 cm³/mol. The third kappa shape index (κ3) is 1.37. The molecule has 3 nitrogen and oxygen atoms in total. The monoisotopic (exact) mass is 165 g/mol. The van der Waals surface area contributed by atoms with E-state index in [1.54, 1.807) is 0 Å². The van der Waals surface area contributed by atoms with Crippen molar-refractivity contribution < 1.29 is 0 Å². The Morgan fingerprint density at radius 3 is 2.92 bits per heavy atom. The second-order valence-electron chi connectivity index (χ2n) is 3.70. The van der Waals surface area contributed by atoms with Gasteiger partial charge in [-0.3, -0.25) is 4.68 Å². The standard InChI is InChI=1S/C9H15N3/c1-8-5-10-12(6-8)9-3-4-11(2)7-9/h5-6,9H,3-4,7H2,1-2H3. The molecule has 1 fully saturated rings. The summed E-state index contributed by atoms with van der Waals surface area (Å²) >= 11 is 0. The molecule has 1 aliphatic heterocycles. The van der Waals surface area contributed by atoms with E-state index in [9.17, 15) is 0 Å². The van der Waals surface area contributed by atoms with E-state index in [2.05, 4.69) is 34.8 Å². The number of likely N-dealkylation sites (tertiary alicyclic amines) is 1. The fraction of sp³-hybridized carbons (Fsp3) is 0.667. The Labute approximate surface area is 73.0 Å². The van der Waals surface area contributed by atoms with Gasteiger partial charge < -0.3 is 4.90 Å². The first-order chi connectivity index (χ1) is 5.75. The zero-order valence-electron chi connectivity index (χ0n) is 7.70. The van der Waals surface area contributed by atoms with Gasteiger partial charge in [0.25, 0.3) is 0 Å². The fourth-order valence-electron chi connectivity index (χ4n) is 1.76. The first kappa shape index (κ1) is 7.80. The lowest BCUT2D eigenvalue weighted by atomic mass is 10.3. The van der Waals surface area contributed by atoms with E-state index >= 15 is 0 Å². The van der Waals surface area contributed by atoms with Gasteiger partial charge in [0.1, 0.15) is 0 Å². The fourth-order valence-corrected chi connectivity index (χ4v) is 1.76. The third-order valence-electron chi connectivity index (χ3n) is 2.47. The highest BCUT2D eigenvalue weighted by atomic mass is 15.3. The van der Waals surface area contributed by atoms with Crippen molar-refractivity contribution in [2.24, 2.45) is 0 Å². The molecular weight excluding hydrogens is 150 g/mol. The van der Waals surface area contributed by atoms with Gasteiger partial charge in [-0.05, 0) is 32.5 Å². The average molecular weight is 165 g/mol. The Bertz CT molecular complexity index is 266. The van der Waals surface area contributed by atoms with Gasteiger partial charge in [0.15, 0.2) is 0 Å². The minimum Gasteiger partial charge on any atom is -0.304 e. The van der Waals surface area contributed by atoms with Crippen LogP contribution in [-0.4, -0.2) is 34.8 Å². The first-order valence-corrected chi connectivity index (χ1v) is 4.45. The lowest BCUT2D eigenvalue weighted by molar-refractivity contribution is 0.382. The van der Waals surface area contributed by atoms with Gasteiger partial charge in [0.05, 0.1) is 12.2 Å². The van der Waals surface area contributed by atoms with Crippen LogP contribution in [0.1, 0.15) is 18.0 Å². The van der Waals surface area contributed by atoms with E-state index in [1.165, 1.54) is 18.5 Å². The molecule has 1 aliphatic rings. The summed E-state index contributed by atoms with van der Waals surface area (Å²) in [6, 6.07) is 0.601. The van der Waals surface area contributed by atoms with E-state index in [0.29, 0.717) is 6.04 Å². The summed E-state index contributed by atoms with van der Waals surface area (Å²) < 4.78 is 2.10. The SMILES string of the molecule is Cc1cnn(C2CCN(C)C2)c1. The summed E-state index contributed by atoms with van der Waals surface area (Å²) in [5, 5.41) is 4.32. The molecule has 1 unspecified atom stereocenters. The highest BCUT2D eigenvalue weighted by Gasteiger charge is 2.20. The van der Waals surface area contributed by atoms with Gasteiger partial charge in [-0.1, -0.05) is 0 Å². The predicted octanol–water partition coefficient (Wildman–Crippen LogP) is 1.07. The zero-order chi connectivity index (χ0) is 8.55. The molecule has 66 valence electrons. The van der Waals surface area contributed by atoms with Gasteiger partial charge >= 0.3 is 0 Å². The van der Waals surface area contributed by atoms with Crippen LogP contribution in [0.2, 0.25) is 0 Å². The molecule has 1 aromatic heterocycles. The van der Waals surface area contributed by atoms with Gasteiger partial charge in [-0.2, -0.15) is 5.10 Å². The third-order valence-corrected chi connectivity index (χ3v) is 2.47. The van der Waals surface area contributed by atoms with Crippen molar-refractivity contribution in [3.8, 4) is 0 Å². The molecule has 1 atom stereocenters. The van der Waals surface area contributed by atoms with Crippen LogP contribution in [0.15, 0.2) is 12.4 Å². The maximum atomic E-state index is 4.32. The topological polar surface area (TPSA) is 21.1 Å². The molecule has 0 saturated carbocycles. The van der Waals surface area contributed by atoms with Crippen molar-refractivity contribution in [2.45, 2.75) is 19.4 Å². The molecule has 0 aliphatic carbocycles. The number of hydrogen-bond acceptors (Lipinski definition) is 2. The lowest BCUT2D eigenvalue weighted by Gasteiger charge is -2.10. The number of aromatic nitrogens is 2. The highest BCUT2D eigenvalue weighted by molar-refractivity contribution is 5.01. The highest BCUT2D eigenvalue weighted by Crippen LogP contribution is 2.19. The number of likely N-dealkylation sites (N-methyl/N-ethyl adjacent to an activating group) is 1. The summed E-state index contributed by atoms with van der Waals surface area (Å²) in [5.74, 6) is 0. The molecule has 0 aromatic carbocycles. The molecule has 0 radical (unpaired) electrons. The maximum Gasteiger partial charge on any atom is 0.0658 e. The molecule has 3 heteroatoms. The van der Waals surface area contributed by atoms with Crippen LogP contribution < -0.4 is 0 Å². The quantitative estimate of drug-likeness (QED) is 0.620. The van der Waals surface area contributed by atoms with Crippen LogP contribution >= 0.6 is 0 Å². The number of rotatable bonds is 1. The van der Waals surface area contributed by atoms with Gasteiger partial charge in [0, 0.05) is 12.7 Å². The number of hydrogen-bond donors (Lipinski definition) is 0. The molecule has 0 amide bonds. The maximum absolute atomic E-state index is 4.32. The Kier molecular flexibility index (Phi) is 1.89. The molecule has 0 spiro atoms. The van der Waals surface area contributed by atoms with Gasteiger partial charge in [0.2, 0.25) is 0 Å². The van der Waals surface area contributed by atoms with Crippen molar-refractivity contribution in [1.82, 2.24) is 14.7 Å². The molecular formula is C9H15N3. The van der Waals surface area contributed by atoms with Gasteiger partial charge in [-0.25, -0.2) is 0 Å². The molecule has 2 heterocycles. The molecule has 12 heavy (non-hydrogen) atoms. The van der Waals surface area contributed by atoms with E-state index < -0.39 is 0 Å². The Balaban J connectivity index is 2.11. The summed E-state index contributed by atoms with van der Waals surface area (Å²) in [6.45, 7) is 4.42. The van der Waals surface area contributed by atoms with Crippen LogP contribution in [0, 0.1) is 6.92 Å². The Morgan fingerprint density at radius 2 is 2.42 bits per heavy atom. The number of aryl methyl sites for hydroxylation is 1.